The van der Waals surface area contributed by atoms with E-state index in [1.807, 2.05) is 6.92 Å². The fraction of sp³-hybridized carbons (Fsp3) is 0.333. The molecular weight excluding hydrogens is 295 g/mol. The van der Waals surface area contributed by atoms with Gasteiger partial charge in [-0.05, 0) is 25.0 Å². The van der Waals surface area contributed by atoms with Crippen LogP contribution in [0, 0.1) is 0 Å². The first-order valence-corrected chi connectivity index (χ1v) is 6.83. The number of hydrogen-bond donors (Lipinski definition) is 2. The Morgan fingerprint density at radius 1 is 1.36 bits per heavy atom. The Morgan fingerprint density at radius 2 is 2.05 bits per heavy atom. The van der Waals surface area contributed by atoms with Crippen molar-refractivity contribution in [1.82, 2.24) is 15.5 Å². The van der Waals surface area contributed by atoms with Gasteiger partial charge >= 0.3 is 6.18 Å². The molecule has 0 spiro atoms. The summed E-state index contributed by atoms with van der Waals surface area (Å²) in [5, 5.41) is 9.07. The zero-order valence-corrected chi connectivity index (χ0v) is 12.2. The molecule has 2 aromatic rings. The van der Waals surface area contributed by atoms with E-state index in [2.05, 4.69) is 15.5 Å². The summed E-state index contributed by atoms with van der Waals surface area (Å²) in [6.07, 6.45) is -2.51. The van der Waals surface area contributed by atoms with Crippen molar-refractivity contribution in [2.24, 2.45) is 0 Å². The Hall–Kier alpha value is -2.31. The Balaban J connectivity index is 2.23. The van der Waals surface area contributed by atoms with Gasteiger partial charge in [0.05, 0.1) is 23.4 Å². The molecule has 0 bridgehead atoms. The molecule has 0 saturated carbocycles. The molecule has 22 heavy (non-hydrogen) atoms. The van der Waals surface area contributed by atoms with Crippen LogP contribution in [0.1, 0.15) is 47.1 Å². The van der Waals surface area contributed by atoms with Crippen molar-refractivity contribution >= 4 is 5.91 Å². The number of hydrogen-bond acceptors (Lipinski definition) is 2. The molecule has 0 fully saturated rings. The lowest BCUT2D eigenvalue weighted by Gasteiger charge is -2.19. The quantitative estimate of drug-likeness (QED) is 0.908. The van der Waals surface area contributed by atoms with E-state index >= 15 is 0 Å². The fourth-order valence-corrected chi connectivity index (χ4v) is 2.26. The first-order chi connectivity index (χ1) is 10.3. The highest BCUT2D eigenvalue weighted by molar-refractivity contribution is 5.95. The molecule has 1 unspecified atom stereocenters. The fourth-order valence-electron chi connectivity index (χ4n) is 2.26. The minimum absolute atomic E-state index is 0.0323. The van der Waals surface area contributed by atoms with Crippen molar-refractivity contribution in [3.63, 3.8) is 0 Å². The van der Waals surface area contributed by atoms with Crippen molar-refractivity contribution in [2.45, 2.75) is 32.5 Å². The lowest BCUT2D eigenvalue weighted by Crippen LogP contribution is -2.28. The number of rotatable bonds is 4. The van der Waals surface area contributed by atoms with Gasteiger partial charge in [-0.15, -0.1) is 0 Å². The molecule has 1 aromatic carbocycles. The number of aromatic amines is 1. The lowest BCUT2D eigenvalue weighted by molar-refractivity contribution is -0.138. The van der Waals surface area contributed by atoms with Crippen LogP contribution in [-0.4, -0.2) is 16.1 Å². The number of carbonyl (C=O) groups excluding carboxylic acids is 1. The maximum Gasteiger partial charge on any atom is 0.416 e. The Morgan fingerprint density at radius 3 is 2.68 bits per heavy atom. The summed E-state index contributed by atoms with van der Waals surface area (Å²) in [4.78, 5) is 12.2. The number of H-pyrrole nitrogens is 1. The van der Waals surface area contributed by atoms with Crippen LogP contribution in [-0.2, 0) is 12.6 Å². The number of aryl methyl sites for hydroxylation is 1. The van der Waals surface area contributed by atoms with Crippen molar-refractivity contribution in [3.8, 4) is 0 Å². The first kappa shape index (κ1) is 16.1. The van der Waals surface area contributed by atoms with E-state index in [-0.39, 0.29) is 5.56 Å². The minimum atomic E-state index is -4.46. The van der Waals surface area contributed by atoms with Gasteiger partial charge in [-0.25, -0.2) is 0 Å². The van der Waals surface area contributed by atoms with Crippen LogP contribution >= 0.6 is 0 Å². The Bertz CT molecular complexity index is 664. The second-order valence-corrected chi connectivity index (χ2v) is 4.90. The summed E-state index contributed by atoms with van der Waals surface area (Å²) >= 11 is 0. The monoisotopic (exact) mass is 311 g/mol. The average molecular weight is 311 g/mol. The predicted octanol–water partition coefficient (Wildman–Crippen LogP) is 3.48. The standard InChI is InChI=1S/C15H16F3N3O/c1-3-13-11(8-19-21-13)14(22)20-9(2)10-6-4-5-7-12(10)15(16,17)18/h4-9H,3H2,1-2H3,(H,19,21)(H,20,22). The van der Waals surface area contributed by atoms with Crippen LogP contribution in [0.25, 0.3) is 0 Å². The van der Waals surface area contributed by atoms with E-state index in [9.17, 15) is 18.0 Å². The van der Waals surface area contributed by atoms with Crippen LogP contribution in [0.4, 0.5) is 13.2 Å². The van der Waals surface area contributed by atoms with E-state index in [4.69, 9.17) is 0 Å². The van der Waals surface area contributed by atoms with Gasteiger partial charge in [0.1, 0.15) is 0 Å². The summed E-state index contributed by atoms with van der Waals surface area (Å²) < 4.78 is 39.0. The third-order valence-electron chi connectivity index (χ3n) is 3.40. The molecule has 2 rings (SSSR count). The van der Waals surface area contributed by atoms with Crippen LogP contribution in [0.3, 0.4) is 0 Å². The molecule has 1 amide bonds. The van der Waals surface area contributed by atoms with Gasteiger partial charge in [-0.1, -0.05) is 25.1 Å². The molecule has 118 valence electrons. The first-order valence-electron chi connectivity index (χ1n) is 6.83. The zero-order chi connectivity index (χ0) is 16.3. The van der Waals surface area contributed by atoms with Crippen molar-refractivity contribution in [2.75, 3.05) is 0 Å². The molecule has 0 aliphatic heterocycles. The summed E-state index contributed by atoms with van der Waals surface area (Å²) in [6, 6.07) is 4.44. The molecule has 1 aromatic heterocycles. The van der Waals surface area contributed by atoms with E-state index in [0.717, 1.165) is 6.07 Å². The Labute approximate surface area is 125 Å². The van der Waals surface area contributed by atoms with E-state index < -0.39 is 23.7 Å². The Kier molecular flexibility index (Phi) is 4.54. The molecule has 0 saturated heterocycles. The maximum atomic E-state index is 13.0. The van der Waals surface area contributed by atoms with Crippen LogP contribution in [0.2, 0.25) is 0 Å². The van der Waals surface area contributed by atoms with Crippen LogP contribution < -0.4 is 5.32 Å². The molecule has 1 atom stereocenters. The highest BCUT2D eigenvalue weighted by atomic mass is 19.4. The van der Waals surface area contributed by atoms with Crippen molar-refractivity contribution < 1.29 is 18.0 Å². The topological polar surface area (TPSA) is 57.8 Å². The lowest BCUT2D eigenvalue weighted by atomic mass is 10.0. The SMILES string of the molecule is CCc1[nH]ncc1C(=O)NC(C)c1ccccc1C(F)(F)F. The van der Waals surface area contributed by atoms with Gasteiger partial charge in [0.25, 0.3) is 5.91 Å². The number of aromatic nitrogens is 2. The van der Waals surface area contributed by atoms with Gasteiger partial charge in [0, 0.05) is 5.69 Å². The number of halogens is 3. The average Bonchev–Trinajstić information content (AvgIpc) is 2.94. The van der Waals surface area contributed by atoms with Gasteiger partial charge in [-0.3, -0.25) is 9.89 Å². The molecule has 1 heterocycles. The second kappa shape index (κ2) is 6.21. The van der Waals surface area contributed by atoms with Gasteiger partial charge < -0.3 is 5.32 Å². The minimum Gasteiger partial charge on any atom is -0.345 e. The van der Waals surface area contributed by atoms with E-state index in [0.29, 0.717) is 17.7 Å². The normalized spacial score (nSPS) is 13.0. The largest absolute Gasteiger partial charge is 0.416 e. The molecule has 0 aliphatic carbocycles. The highest BCUT2D eigenvalue weighted by Gasteiger charge is 2.34. The molecule has 2 N–H and O–H groups in total. The number of amides is 1. The van der Waals surface area contributed by atoms with Crippen LogP contribution in [0.5, 0.6) is 0 Å². The van der Waals surface area contributed by atoms with Crippen molar-refractivity contribution in [3.05, 3.63) is 52.8 Å². The molecule has 4 nitrogen and oxygen atoms in total. The zero-order valence-electron chi connectivity index (χ0n) is 12.2. The number of nitrogens with one attached hydrogen (secondary N) is 2. The van der Waals surface area contributed by atoms with E-state index in [1.54, 1.807) is 0 Å². The summed E-state index contributed by atoms with van der Waals surface area (Å²) in [5.74, 6) is -0.449. The summed E-state index contributed by atoms with van der Waals surface area (Å²) in [5.41, 5.74) is 0.281. The predicted molar refractivity (Wildman–Crippen MR) is 75.3 cm³/mol. The smallest absolute Gasteiger partial charge is 0.345 e. The van der Waals surface area contributed by atoms with Crippen LogP contribution in [0.15, 0.2) is 30.5 Å². The molecule has 0 radical (unpaired) electrons. The highest BCUT2D eigenvalue weighted by Crippen LogP contribution is 2.34. The summed E-state index contributed by atoms with van der Waals surface area (Å²) in [6.45, 7) is 3.38. The third-order valence-corrected chi connectivity index (χ3v) is 3.40. The number of carbonyl (C=O) groups is 1. The number of benzene rings is 1. The van der Waals surface area contributed by atoms with Crippen molar-refractivity contribution in [1.29, 1.82) is 0 Å². The molecule has 0 aliphatic rings. The number of nitrogens with zero attached hydrogens (tertiary/aromatic N) is 1. The summed E-state index contributed by atoms with van der Waals surface area (Å²) in [7, 11) is 0. The third kappa shape index (κ3) is 3.29. The van der Waals surface area contributed by atoms with Gasteiger partial charge in [-0.2, -0.15) is 18.3 Å². The maximum absolute atomic E-state index is 13.0. The number of alkyl halides is 3. The molecule has 7 heteroatoms. The second-order valence-electron chi connectivity index (χ2n) is 4.90. The van der Waals surface area contributed by atoms with Gasteiger partial charge in [0.15, 0.2) is 0 Å². The molecular formula is C15H16F3N3O. The van der Waals surface area contributed by atoms with Gasteiger partial charge in [0.2, 0.25) is 0 Å². The van der Waals surface area contributed by atoms with E-state index in [1.165, 1.54) is 31.3 Å².